The topological polar surface area (TPSA) is 133 Å². The molecular weight excluding hydrogens is 682 g/mol. The van der Waals surface area contributed by atoms with Crippen molar-refractivity contribution < 1.29 is 43.2 Å². The van der Waals surface area contributed by atoms with Crippen LogP contribution in [0.5, 0.6) is 0 Å². The maximum atomic E-state index is 13.6. The van der Waals surface area contributed by atoms with Crippen molar-refractivity contribution in [2.24, 2.45) is 23.7 Å². The number of carbonyl (C=O) groups is 3. The van der Waals surface area contributed by atoms with Crippen LogP contribution in [-0.2, 0) is 33.8 Å². The Balaban J connectivity index is 1.47. The molecule has 2 aromatic rings. The second kappa shape index (κ2) is 15.1. The molecule has 3 heterocycles. The lowest BCUT2D eigenvalue weighted by atomic mass is 9.69. The van der Waals surface area contributed by atoms with Crippen molar-refractivity contribution in [1.82, 2.24) is 4.98 Å². The van der Waals surface area contributed by atoms with Crippen molar-refractivity contribution in [3.8, 4) is 0 Å². The quantitative estimate of drug-likeness (QED) is 0.132. The summed E-state index contributed by atoms with van der Waals surface area (Å²) in [4.78, 5) is 43.0. The third-order valence-corrected chi connectivity index (χ3v) is 10.9. The number of hydrogen-bond acceptors (Lipinski definition) is 9. The van der Waals surface area contributed by atoms with Crippen LogP contribution in [0.4, 0.5) is 0 Å². The van der Waals surface area contributed by atoms with Crippen molar-refractivity contribution in [1.29, 1.82) is 0 Å². The largest absolute Gasteiger partial charge is 0.456 e. The van der Waals surface area contributed by atoms with E-state index >= 15 is 0 Å². The molecule has 1 aliphatic carbocycles. The highest BCUT2D eigenvalue weighted by Gasteiger charge is 2.57. The summed E-state index contributed by atoms with van der Waals surface area (Å²) in [5.74, 6) is -2.77. The van der Waals surface area contributed by atoms with Crippen LogP contribution in [0.1, 0.15) is 73.9 Å². The van der Waals surface area contributed by atoms with E-state index in [2.05, 4.69) is 33.1 Å². The molecule has 11 atom stereocenters. The number of halogens is 1. The second-order valence-corrected chi connectivity index (χ2v) is 13.9. The number of methoxy groups -OCH3 is 1. The fourth-order valence-corrected chi connectivity index (χ4v) is 7.83. The van der Waals surface area contributed by atoms with E-state index in [4.69, 9.17) is 23.7 Å². The molecule has 2 N–H and O–H groups in total. The SMILES string of the molecule is CO[C@H]1CC2C=C[C@@H]3C[C@]2(O[C@H]3[C@H](OC(=O)c2ccc[nH]2)[C@H](C)[C@H](C)O)/C(C)=C/[C@@H](C)[C@@H]([C@@H](C)OC(=O)c2ccccc2CBr)OC1=O. The highest BCUT2D eigenvalue weighted by Crippen LogP contribution is 2.53. The fraction of sp³-hybridized carbons (Fsp3) is 0.541. The van der Waals surface area contributed by atoms with Crippen LogP contribution >= 0.6 is 15.9 Å². The maximum absolute atomic E-state index is 13.6. The Morgan fingerprint density at radius 2 is 1.83 bits per heavy atom. The standard InChI is InChI=1S/C37H46BrNO9/c1-20-16-21(2)37-18-25(33(48-37)32(22(3)23(4)40)47-35(42)29-12-9-15-39-29)13-14-27(37)17-30(44-6)36(43)46-31(20)24(5)45-34(41)28-11-8-7-10-26(28)19-38/h7-16,20,22-25,27,30-33,39-40H,17-19H2,1-6H3/b21-16+/t20-,22-,23+,24-,25-,27?,30+,31+,32-,33-,37+/m1/s1. The predicted octanol–water partition coefficient (Wildman–Crippen LogP) is 5.94. The number of H-pyrrole nitrogens is 1. The lowest BCUT2D eigenvalue weighted by molar-refractivity contribution is -0.172. The molecule has 1 aromatic carbocycles. The van der Waals surface area contributed by atoms with Gasteiger partial charge in [-0.2, -0.15) is 0 Å². The number of aliphatic hydroxyl groups is 1. The summed E-state index contributed by atoms with van der Waals surface area (Å²) in [5, 5.41) is 11.1. The van der Waals surface area contributed by atoms with Gasteiger partial charge in [0.1, 0.15) is 30.1 Å². The third-order valence-electron chi connectivity index (χ3n) is 10.3. The van der Waals surface area contributed by atoms with Gasteiger partial charge in [0.25, 0.3) is 0 Å². The number of rotatable bonds is 10. The zero-order valence-corrected chi connectivity index (χ0v) is 29.8. The first-order valence-corrected chi connectivity index (χ1v) is 17.7. The number of aromatic amines is 1. The Morgan fingerprint density at radius 3 is 2.50 bits per heavy atom. The first-order valence-electron chi connectivity index (χ1n) is 16.6. The van der Waals surface area contributed by atoms with Gasteiger partial charge in [-0.25, -0.2) is 14.4 Å². The van der Waals surface area contributed by atoms with Crippen LogP contribution in [-0.4, -0.2) is 77.3 Å². The molecule has 2 aliphatic heterocycles. The first kappa shape index (κ1) is 36.0. The van der Waals surface area contributed by atoms with Gasteiger partial charge in [-0.3, -0.25) is 0 Å². The number of aromatic nitrogens is 1. The van der Waals surface area contributed by atoms with E-state index in [9.17, 15) is 19.5 Å². The number of esters is 3. The summed E-state index contributed by atoms with van der Waals surface area (Å²) in [6, 6.07) is 10.6. The lowest BCUT2D eigenvalue weighted by Crippen LogP contribution is -2.48. The average molecular weight is 729 g/mol. The number of benzene rings is 1. The van der Waals surface area contributed by atoms with Crippen molar-refractivity contribution in [3.63, 3.8) is 0 Å². The van der Waals surface area contributed by atoms with Gasteiger partial charge in [0.2, 0.25) is 0 Å². The Kier molecular flexibility index (Phi) is 11.3. The fourth-order valence-electron chi connectivity index (χ4n) is 7.34. The number of alkyl halides is 1. The summed E-state index contributed by atoms with van der Waals surface area (Å²) >= 11 is 3.43. The molecule has 1 fully saturated rings. The van der Waals surface area contributed by atoms with Crippen LogP contribution in [0.2, 0.25) is 0 Å². The Bertz CT molecular complexity index is 1520. The minimum absolute atomic E-state index is 0.122. The third kappa shape index (κ3) is 7.20. The Morgan fingerprint density at radius 1 is 1.08 bits per heavy atom. The van der Waals surface area contributed by atoms with Gasteiger partial charge in [-0.05, 0) is 62.9 Å². The van der Waals surface area contributed by atoms with E-state index in [-0.39, 0.29) is 24.2 Å². The number of nitrogens with one attached hydrogen (secondary N) is 1. The molecule has 1 unspecified atom stereocenters. The zero-order chi connectivity index (χ0) is 34.7. The normalized spacial score (nSPS) is 32.1. The van der Waals surface area contributed by atoms with Gasteiger partial charge >= 0.3 is 17.9 Å². The van der Waals surface area contributed by atoms with E-state index in [0.717, 1.165) is 11.1 Å². The highest BCUT2D eigenvalue weighted by atomic mass is 79.9. The van der Waals surface area contributed by atoms with Crippen LogP contribution in [0.15, 0.2) is 66.4 Å². The molecule has 1 saturated heterocycles. The lowest BCUT2D eigenvalue weighted by Gasteiger charge is -2.42. The molecular formula is C37H46BrNO9. The van der Waals surface area contributed by atoms with Crippen molar-refractivity contribution in [2.75, 3.05) is 7.11 Å². The van der Waals surface area contributed by atoms with Gasteiger partial charge in [0.15, 0.2) is 6.10 Å². The molecule has 10 nitrogen and oxygen atoms in total. The number of ether oxygens (including phenoxy) is 5. The van der Waals surface area contributed by atoms with E-state index in [1.54, 1.807) is 44.3 Å². The number of fused-ring (bicyclic) bond motifs is 1. The molecule has 2 bridgehead atoms. The van der Waals surface area contributed by atoms with Gasteiger partial charge in [-0.15, -0.1) is 0 Å². The molecule has 5 rings (SSSR count). The van der Waals surface area contributed by atoms with Crippen LogP contribution < -0.4 is 0 Å². The summed E-state index contributed by atoms with van der Waals surface area (Å²) in [6.07, 6.45) is 4.09. The van der Waals surface area contributed by atoms with Gasteiger partial charge < -0.3 is 33.8 Å². The minimum Gasteiger partial charge on any atom is -0.456 e. The van der Waals surface area contributed by atoms with Gasteiger partial charge in [0.05, 0.1) is 17.3 Å². The molecule has 0 radical (unpaired) electrons. The second-order valence-electron chi connectivity index (χ2n) is 13.4. The van der Waals surface area contributed by atoms with E-state index in [1.807, 2.05) is 39.0 Å². The van der Waals surface area contributed by atoms with Gasteiger partial charge in [0, 0.05) is 42.3 Å². The van der Waals surface area contributed by atoms with Crippen LogP contribution in [0.25, 0.3) is 0 Å². The molecule has 260 valence electrons. The smallest absolute Gasteiger partial charge is 0.355 e. The van der Waals surface area contributed by atoms with Crippen molar-refractivity contribution >= 4 is 33.8 Å². The Labute approximate surface area is 290 Å². The van der Waals surface area contributed by atoms with Crippen LogP contribution in [0.3, 0.4) is 0 Å². The number of carbonyl (C=O) groups excluding carboxylic acids is 3. The summed E-state index contributed by atoms with van der Waals surface area (Å²) in [6.45, 7) is 9.18. The van der Waals surface area contributed by atoms with Gasteiger partial charge in [-0.1, -0.05) is 66.2 Å². The number of cyclic esters (lactones) is 1. The monoisotopic (exact) mass is 727 g/mol. The first-order chi connectivity index (χ1) is 22.9. The molecule has 11 heteroatoms. The predicted molar refractivity (Wildman–Crippen MR) is 181 cm³/mol. The number of aliphatic hydroxyl groups excluding tert-OH is 1. The van der Waals surface area contributed by atoms with Crippen LogP contribution in [0, 0.1) is 23.7 Å². The molecule has 0 saturated carbocycles. The number of hydrogen-bond donors (Lipinski definition) is 2. The van der Waals surface area contributed by atoms with E-state index < -0.39 is 66.1 Å². The maximum Gasteiger partial charge on any atom is 0.355 e. The minimum atomic E-state index is -0.911. The molecule has 1 aromatic heterocycles. The zero-order valence-electron chi connectivity index (χ0n) is 28.3. The average Bonchev–Trinajstić information content (AvgIpc) is 3.72. The summed E-state index contributed by atoms with van der Waals surface area (Å²) < 4.78 is 30.8. The Hall–Kier alpha value is -3.25. The summed E-state index contributed by atoms with van der Waals surface area (Å²) in [7, 11) is 1.47. The summed E-state index contributed by atoms with van der Waals surface area (Å²) in [5.41, 5.74) is 1.62. The van der Waals surface area contributed by atoms with E-state index in [1.165, 1.54) is 7.11 Å². The highest BCUT2D eigenvalue weighted by molar-refractivity contribution is 9.08. The molecule has 0 amide bonds. The van der Waals surface area contributed by atoms with E-state index in [0.29, 0.717) is 23.0 Å². The molecule has 1 spiro atoms. The molecule has 3 aliphatic rings. The van der Waals surface area contributed by atoms with Crippen molar-refractivity contribution in [3.05, 3.63) is 83.2 Å². The van der Waals surface area contributed by atoms with Crippen molar-refractivity contribution in [2.45, 2.75) is 95.0 Å². The molecule has 48 heavy (non-hydrogen) atoms.